The van der Waals surface area contributed by atoms with Crippen molar-refractivity contribution in [3.8, 4) is 17.0 Å². The van der Waals surface area contributed by atoms with Crippen LogP contribution in [0.1, 0.15) is 21.7 Å². The van der Waals surface area contributed by atoms with E-state index >= 15 is 0 Å². The van der Waals surface area contributed by atoms with Gasteiger partial charge in [-0.15, -0.1) is 0 Å². The van der Waals surface area contributed by atoms with Crippen molar-refractivity contribution in [1.29, 1.82) is 0 Å². The molecule has 0 fully saturated rings. The maximum Gasteiger partial charge on any atom is 0.274 e. The molecule has 158 valence electrons. The summed E-state index contributed by atoms with van der Waals surface area (Å²) < 4.78 is 20.2. The number of nitrogens with one attached hydrogen (secondary N) is 2. The quantitative estimate of drug-likeness (QED) is 0.456. The molecule has 4 rings (SSSR count). The van der Waals surface area contributed by atoms with E-state index in [0.29, 0.717) is 34.5 Å². The highest BCUT2D eigenvalue weighted by Gasteiger charge is 2.15. The molecule has 0 bridgehead atoms. The largest absolute Gasteiger partial charge is 0.497 e. The number of aromatic amines is 1. The lowest BCUT2D eigenvalue weighted by Crippen LogP contribution is -2.13. The second-order valence-corrected chi connectivity index (χ2v) is 7.32. The van der Waals surface area contributed by atoms with Crippen molar-refractivity contribution >= 4 is 23.3 Å². The summed E-state index contributed by atoms with van der Waals surface area (Å²) in [4.78, 5) is 12.6. The first kappa shape index (κ1) is 20.6. The van der Waals surface area contributed by atoms with Crippen LogP contribution in [-0.4, -0.2) is 33.0 Å². The highest BCUT2D eigenvalue weighted by atomic mass is 35.5. The van der Waals surface area contributed by atoms with Gasteiger partial charge in [0.25, 0.3) is 5.91 Å². The Morgan fingerprint density at radius 1 is 1.23 bits per heavy atom. The van der Waals surface area contributed by atoms with E-state index in [0.717, 1.165) is 16.8 Å². The Balaban J connectivity index is 1.48. The number of halogens is 2. The number of aromatic nitrogens is 4. The number of aryl methyl sites for hydroxylation is 1. The van der Waals surface area contributed by atoms with Crippen LogP contribution in [0.5, 0.6) is 5.75 Å². The second-order valence-electron chi connectivity index (χ2n) is 6.92. The van der Waals surface area contributed by atoms with Crippen molar-refractivity contribution in [2.45, 2.75) is 13.5 Å². The average molecular weight is 440 g/mol. The highest BCUT2D eigenvalue weighted by molar-refractivity contribution is 6.31. The molecule has 2 aromatic carbocycles. The number of ether oxygens (including phenoxy) is 1. The lowest BCUT2D eigenvalue weighted by atomic mass is 10.1. The van der Waals surface area contributed by atoms with E-state index in [1.165, 1.54) is 12.1 Å². The maximum atomic E-state index is 13.3. The Hall–Kier alpha value is -3.65. The van der Waals surface area contributed by atoms with Gasteiger partial charge in [-0.05, 0) is 42.8 Å². The molecule has 0 aliphatic rings. The second kappa shape index (κ2) is 8.61. The zero-order chi connectivity index (χ0) is 22.0. The first-order valence-corrected chi connectivity index (χ1v) is 9.80. The molecule has 9 heteroatoms. The number of carbonyl (C=O) groups excluding carboxylic acids is 1. The average Bonchev–Trinajstić information content (AvgIpc) is 3.37. The van der Waals surface area contributed by atoms with Gasteiger partial charge in [0, 0.05) is 22.3 Å². The van der Waals surface area contributed by atoms with E-state index < -0.39 is 5.82 Å². The SMILES string of the molecule is COc1cccc(-c2cc(C(=O)Nc3cc(C)n(Cc4ccc(F)cc4Cl)n3)[nH]n2)c1. The Bertz CT molecular complexity index is 1250. The maximum absolute atomic E-state index is 13.3. The highest BCUT2D eigenvalue weighted by Crippen LogP contribution is 2.23. The standard InChI is InChI=1S/C22H19ClFN5O2/c1-13-8-21(28-29(13)12-15-6-7-16(24)10-18(15)23)25-22(30)20-11-19(26-27-20)14-4-3-5-17(9-14)31-2/h3-11H,12H2,1-2H3,(H,26,27)(H,25,28,30). The fraction of sp³-hybridized carbons (Fsp3) is 0.136. The van der Waals surface area contributed by atoms with Gasteiger partial charge in [-0.3, -0.25) is 14.6 Å². The van der Waals surface area contributed by atoms with Crippen LogP contribution in [0.15, 0.2) is 54.6 Å². The van der Waals surface area contributed by atoms with Gasteiger partial charge in [-0.25, -0.2) is 4.39 Å². The van der Waals surface area contributed by atoms with Gasteiger partial charge in [0.1, 0.15) is 17.3 Å². The van der Waals surface area contributed by atoms with E-state index in [1.54, 1.807) is 30.0 Å². The monoisotopic (exact) mass is 439 g/mol. The number of nitrogens with zero attached hydrogens (tertiary/aromatic N) is 3. The lowest BCUT2D eigenvalue weighted by Gasteiger charge is -2.06. The van der Waals surface area contributed by atoms with Crippen molar-refractivity contribution in [2.75, 3.05) is 12.4 Å². The molecule has 0 atom stereocenters. The molecular weight excluding hydrogens is 421 g/mol. The number of H-pyrrole nitrogens is 1. The Kier molecular flexibility index (Phi) is 5.73. The number of rotatable bonds is 6. The number of amides is 1. The van der Waals surface area contributed by atoms with Gasteiger partial charge in [0.2, 0.25) is 0 Å². The number of carbonyl (C=O) groups is 1. The first-order valence-electron chi connectivity index (χ1n) is 9.42. The van der Waals surface area contributed by atoms with Crippen LogP contribution in [0.2, 0.25) is 5.02 Å². The third-order valence-corrected chi connectivity index (χ3v) is 5.10. The minimum absolute atomic E-state index is 0.298. The van der Waals surface area contributed by atoms with Gasteiger partial charge in [0.05, 0.1) is 19.3 Å². The number of benzene rings is 2. The van der Waals surface area contributed by atoms with Gasteiger partial charge >= 0.3 is 0 Å². The predicted molar refractivity (Wildman–Crippen MR) is 116 cm³/mol. The van der Waals surface area contributed by atoms with Crippen molar-refractivity contribution < 1.29 is 13.9 Å². The molecule has 2 heterocycles. The molecular formula is C22H19ClFN5O2. The third-order valence-electron chi connectivity index (χ3n) is 4.75. The molecule has 1 amide bonds. The summed E-state index contributed by atoms with van der Waals surface area (Å²) in [6.45, 7) is 2.21. The van der Waals surface area contributed by atoms with Gasteiger partial charge in [-0.2, -0.15) is 10.2 Å². The molecule has 0 unspecified atom stereocenters. The molecule has 0 radical (unpaired) electrons. The van der Waals surface area contributed by atoms with E-state index in [1.807, 2.05) is 31.2 Å². The third kappa shape index (κ3) is 4.59. The summed E-state index contributed by atoms with van der Waals surface area (Å²) in [6.07, 6.45) is 0. The van der Waals surface area contributed by atoms with E-state index in [2.05, 4.69) is 20.6 Å². The Morgan fingerprint density at radius 3 is 2.84 bits per heavy atom. The van der Waals surface area contributed by atoms with Crippen molar-refractivity contribution in [1.82, 2.24) is 20.0 Å². The van der Waals surface area contributed by atoms with Crippen LogP contribution in [0.4, 0.5) is 10.2 Å². The molecule has 4 aromatic rings. The van der Waals surface area contributed by atoms with Crippen molar-refractivity contribution in [3.63, 3.8) is 0 Å². The predicted octanol–water partition coefficient (Wildman–Crippen LogP) is 4.68. The number of methoxy groups -OCH3 is 1. The minimum atomic E-state index is -0.397. The molecule has 31 heavy (non-hydrogen) atoms. The molecule has 0 spiro atoms. The molecule has 0 aliphatic carbocycles. The Labute approximate surface area is 182 Å². The van der Waals surface area contributed by atoms with Crippen LogP contribution in [-0.2, 0) is 6.54 Å². The summed E-state index contributed by atoms with van der Waals surface area (Å²) in [5.41, 5.74) is 3.29. The normalized spacial score (nSPS) is 10.8. The summed E-state index contributed by atoms with van der Waals surface area (Å²) in [5, 5.41) is 14.4. The smallest absolute Gasteiger partial charge is 0.274 e. The van der Waals surface area contributed by atoms with Crippen LogP contribution < -0.4 is 10.1 Å². The molecule has 7 nitrogen and oxygen atoms in total. The molecule has 2 aromatic heterocycles. The van der Waals surface area contributed by atoms with E-state index in [-0.39, 0.29) is 5.91 Å². The van der Waals surface area contributed by atoms with E-state index in [4.69, 9.17) is 16.3 Å². The number of hydrogen-bond donors (Lipinski definition) is 2. The zero-order valence-electron chi connectivity index (χ0n) is 16.8. The molecule has 0 aliphatic heterocycles. The van der Waals surface area contributed by atoms with Crippen LogP contribution in [0.25, 0.3) is 11.3 Å². The minimum Gasteiger partial charge on any atom is -0.497 e. The number of anilines is 1. The van der Waals surface area contributed by atoms with Crippen LogP contribution >= 0.6 is 11.6 Å². The van der Waals surface area contributed by atoms with E-state index in [9.17, 15) is 9.18 Å². The molecule has 0 saturated heterocycles. The topological polar surface area (TPSA) is 84.8 Å². The van der Waals surface area contributed by atoms with Crippen LogP contribution in [0.3, 0.4) is 0 Å². The summed E-state index contributed by atoms with van der Waals surface area (Å²) in [6, 6.07) is 15.0. The zero-order valence-corrected chi connectivity index (χ0v) is 17.6. The van der Waals surface area contributed by atoms with Gasteiger partial charge in [0.15, 0.2) is 5.82 Å². The van der Waals surface area contributed by atoms with Crippen LogP contribution in [0, 0.1) is 12.7 Å². The van der Waals surface area contributed by atoms with Crippen molar-refractivity contribution in [2.24, 2.45) is 0 Å². The Morgan fingerprint density at radius 2 is 2.06 bits per heavy atom. The first-order chi connectivity index (χ1) is 14.9. The van der Waals surface area contributed by atoms with Gasteiger partial charge in [-0.1, -0.05) is 29.8 Å². The summed E-state index contributed by atoms with van der Waals surface area (Å²) >= 11 is 6.11. The fourth-order valence-electron chi connectivity index (χ4n) is 3.09. The van der Waals surface area contributed by atoms with Crippen molar-refractivity contribution in [3.05, 3.63) is 82.4 Å². The molecule has 2 N–H and O–H groups in total. The number of hydrogen-bond acceptors (Lipinski definition) is 4. The van der Waals surface area contributed by atoms with Gasteiger partial charge < -0.3 is 10.1 Å². The fourth-order valence-corrected chi connectivity index (χ4v) is 3.32. The summed E-state index contributed by atoms with van der Waals surface area (Å²) in [7, 11) is 1.59. The summed E-state index contributed by atoms with van der Waals surface area (Å²) in [5.74, 6) is 0.324. The molecule has 0 saturated carbocycles. The lowest BCUT2D eigenvalue weighted by molar-refractivity contribution is 0.102.